The van der Waals surface area contributed by atoms with Gasteiger partial charge in [0, 0.05) is 261 Å². The predicted octanol–water partition coefficient (Wildman–Crippen LogP) is 13.7. The first-order valence-corrected chi connectivity index (χ1v) is 48.5. The number of nitrogens with zero attached hydrogens (tertiary/aromatic N) is 18. The highest BCUT2D eigenvalue weighted by atomic mass is 19.1. The van der Waals surface area contributed by atoms with Crippen molar-refractivity contribution >= 4 is 119 Å². The minimum atomic E-state index is -0.516. The van der Waals surface area contributed by atoms with Crippen LogP contribution in [0, 0.1) is 5.82 Å². The van der Waals surface area contributed by atoms with E-state index in [9.17, 15) is 33.5 Å². The Labute approximate surface area is 839 Å². The Morgan fingerprint density at radius 1 is 0.379 bits per heavy atom. The minimum Gasteiger partial charge on any atom is -0.508 e. The molecule has 19 rings (SSSR count). The molecular weight excluding hydrogens is 1840 g/mol. The van der Waals surface area contributed by atoms with Crippen LogP contribution >= 0.6 is 0 Å². The molecule has 10 N–H and O–H groups in total. The van der Waals surface area contributed by atoms with Crippen LogP contribution in [0.25, 0.3) is 66.4 Å². The van der Waals surface area contributed by atoms with Crippen molar-refractivity contribution in [3.05, 3.63) is 309 Å². The zero-order valence-electron chi connectivity index (χ0n) is 82.1. The number of phenolic OH excluding ortho intramolecular Hbond substituents is 1. The lowest BCUT2D eigenvalue weighted by Gasteiger charge is -2.34. The summed E-state index contributed by atoms with van der Waals surface area (Å²) in [5, 5.41) is 58.2. The lowest BCUT2D eigenvalue weighted by atomic mass is 10.1. The van der Waals surface area contributed by atoms with Crippen LogP contribution in [0.15, 0.2) is 258 Å². The van der Waals surface area contributed by atoms with E-state index in [1.807, 2.05) is 205 Å². The number of H-pyrrole nitrogens is 4. The number of anilines is 4. The summed E-state index contributed by atoms with van der Waals surface area (Å²) in [6.45, 7) is 42.8. The van der Waals surface area contributed by atoms with Gasteiger partial charge in [0.15, 0.2) is 0 Å². The standard InChI is InChI=1S/C31H42N6O5.C26H29N7O2.C25H26FN7O.C25H27N7O2/c1-23(33-25-8-6-5-7-9-25)28-26-22-24(10-11-27(26)34-35-28)29(38)37-15-13-36(14-16-37)17-19-41-21-20-40-18-12-32-30(39)42-31(2,3)4;1-19(28-21-4-6-22(35-2)7-5-21)25-23-17-20(3-8-24(23)29-30-25)26(34)33-15-13-31(14-16-33)11-12-32-10-9-27-18-32;1-18(28-21-5-3-20(26)4-6-21)24-22-16-19(2-7-23(22)29-30-24)25(34)33-14-12-31(13-15-33)10-11-32-9-8-27-17-32;1-18(27-20-3-5-21(33)6-4-20)24-22-16-19(2-7-23(22)28-29-24)25(34)32-14-12-30(13-15-32)10-11-31-9-8-26-17-31/h5-11,22,33H,1,12-21H2,2-4H3,(H,32,39)(H,34,35);3-10,17-18,28H,1,11-16H2,2H3,(H,29,30);2-9,16-17,28H,1,10-15H2,(H,29,30);2-9,16-17,27,33H,1,10-15H2,(H,28,29). The van der Waals surface area contributed by atoms with Crippen molar-refractivity contribution in [2.75, 3.05) is 192 Å². The van der Waals surface area contributed by atoms with Crippen molar-refractivity contribution in [2.45, 2.75) is 46.0 Å². The van der Waals surface area contributed by atoms with E-state index in [0.717, 1.165) is 165 Å². The second-order valence-electron chi connectivity index (χ2n) is 36.5. The van der Waals surface area contributed by atoms with Gasteiger partial charge in [0.2, 0.25) is 0 Å². The first-order valence-electron chi connectivity index (χ1n) is 48.5. The number of alkyl carbamates (subject to hydrolysis) is 1. The smallest absolute Gasteiger partial charge is 0.407 e. The normalized spacial score (nSPS) is 14.3. The number of aromatic amines is 4. The molecule has 4 aliphatic heterocycles. The topological polar surface area (TPSA) is 397 Å². The number of benzene rings is 8. The molecule has 37 nitrogen and oxygen atoms in total. The van der Waals surface area contributed by atoms with Gasteiger partial charge in [-0.3, -0.25) is 59.2 Å². The maximum absolute atomic E-state index is 13.3. The molecule has 11 heterocycles. The summed E-state index contributed by atoms with van der Waals surface area (Å²) in [5.74, 6) is 0.781. The van der Waals surface area contributed by atoms with Gasteiger partial charge in [-0.2, -0.15) is 20.4 Å². The van der Waals surface area contributed by atoms with Gasteiger partial charge in [0.25, 0.3) is 23.6 Å². The number of amides is 5. The van der Waals surface area contributed by atoms with Crippen molar-refractivity contribution < 1.29 is 52.4 Å². The first kappa shape index (κ1) is 102. The summed E-state index contributed by atoms with van der Waals surface area (Å²) in [6.07, 6.45) is 16.3. The van der Waals surface area contributed by atoms with Gasteiger partial charge in [-0.1, -0.05) is 44.5 Å². The second kappa shape index (κ2) is 49.0. The van der Waals surface area contributed by atoms with E-state index in [0.29, 0.717) is 159 Å². The van der Waals surface area contributed by atoms with E-state index >= 15 is 0 Å². The van der Waals surface area contributed by atoms with Gasteiger partial charge in [-0.15, -0.1) is 0 Å². The molecule has 0 saturated carbocycles. The summed E-state index contributed by atoms with van der Waals surface area (Å²) in [7, 11) is 1.64. The molecule has 5 amide bonds. The number of carbonyl (C=O) groups excluding carboxylic acids is 5. The molecule has 145 heavy (non-hydrogen) atoms. The lowest BCUT2D eigenvalue weighted by Crippen LogP contribution is -2.49. The highest BCUT2D eigenvalue weighted by Crippen LogP contribution is 2.32. The number of fused-ring (bicyclic) bond motifs is 4. The van der Waals surface area contributed by atoms with Crippen LogP contribution in [0.2, 0.25) is 0 Å². The number of piperazine rings is 4. The van der Waals surface area contributed by atoms with Gasteiger partial charge < -0.3 is 83.9 Å². The van der Waals surface area contributed by atoms with E-state index < -0.39 is 11.7 Å². The molecule has 0 spiro atoms. The van der Waals surface area contributed by atoms with Gasteiger partial charge in [-0.25, -0.2) is 24.1 Å². The molecule has 38 heteroatoms. The van der Waals surface area contributed by atoms with Crippen molar-refractivity contribution in [3.8, 4) is 11.5 Å². The monoisotopic (exact) mass is 1970 g/mol. The molecule has 0 unspecified atom stereocenters. The Hall–Kier alpha value is -16.1. The molecule has 0 atom stereocenters. The maximum Gasteiger partial charge on any atom is 0.407 e. The summed E-state index contributed by atoms with van der Waals surface area (Å²) >= 11 is 0. The number of halogens is 1. The van der Waals surface area contributed by atoms with Gasteiger partial charge in [-0.05, 0) is 178 Å². The Morgan fingerprint density at radius 2 is 0.690 bits per heavy atom. The van der Waals surface area contributed by atoms with Crippen molar-refractivity contribution in [3.63, 3.8) is 0 Å². The average molecular weight is 1970 g/mol. The number of para-hydroxylation sites is 1. The average Bonchev–Trinajstić information content (AvgIpc) is 1.67. The second-order valence-corrected chi connectivity index (χ2v) is 36.5. The van der Waals surface area contributed by atoms with Crippen LogP contribution in [0.1, 0.15) is 85.0 Å². The van der Waals surface area contributed by atoms with Crippen molar-refractivity contribution in [1.82, 2.24) is 114 Å². The third-order valence-corrected chi connectivity index (χ3v) is 25.3. The summed E-state index contributed by atoms with van der Waals surface area (Å²) in [5.41, 5.74) is 13.8. The molecule has 4 aliphatic rings. The summed E-state index contributed by atoms with van der Waals surface area (Å²) < 4.78 is 41.0. The number of rotatable bonds is 35. The molecular formula is C107H124FN27O10. The van der Waals surface area contributed by atoms with Crippen LogP contribution in [0.5, 0.6) is 11.5 Å². The van der Waals surface area contributed by atoms with Crippen LogP contribution in [0.3, 0.4) is 0 Å². The van der Waals surface area contributed by atoms with E-state index in [1.165, 1.54) is 12.1 Å². The number of hydrogen-bond acceptors (Lipinski definition) is 25. The van der Waals surface area contributed by atoms with E-state index in [2.05, 4.69) is 142 Å². The molecule has 4 saturated heterocycles. The molecule has 0 radical (unpaired) electrons. The van der Waals surface area contributed by atoms with Crippen LogP contribution < -0.4 is 31.3 Å². The Kier molecular flexibility index (Phi) is 34.4. The molecule has 15 aromatic rings. The molecule has 0 bridgehead atoms. The number of aromatic nitrogens is 14. The molecule has 754 valence electrons. The number of imidazole rings is 3. The SMILES string of the molecule is C=C(Nc1ccc(F)cc1)c1n[nH]c2ccc(C(=O)N3CCN(CCn4ccnc4)CC3)cc12.C=C(Nc1ccc(O)cc1)c1n[nH]c2ccc(C(=O)N3CCN(CCn4ccnc4)CC3)cc12.C=C(Nc1ccc(OC)cc1)c1n[nH]c2ccc(C(=O)N3CCN(CCn4ccnc4)CC3)cc12.C=C(Nc1ccccc1)c1n[nH]c2ccc(C(=O)N3CCN(CCOCCOCCNC(=O)OC(C)(C)C)CC3)cc12. The molecule has 4 fully saturated rings. The first-order chi connectivity index (χ1) is 70.4. The third kappa shape index (κ3) is 28.0. The number of carbonyl (C=O) groups is 5. The fourth-order valence-corrected chi connectivity index (χ4v) is 17.2. The van der Waals surface area contributed by atoms with Crippen LogP contribution in [-0.2, 0) is 33.8 Å². The highest BCUT2D eigenvalue weighted by molar-refractivity contribution is 6.05. The molecule has 8 aromatic carbocycles. The van der Waals surface area contributed by atoms with E-state index in [-0.39, 0.29) is 35.2 Å². The summed E-state index contributed by atoms with van der Waals surface area (Å²) in [4.78, 5) is 93.9. The number of ether oxygens (including phenoxy) is 4. The zero-order chi connectivity index (χ0) is 101. The number of methoxy groups -OCH3 is 1. The van der Waals surface area contributed by atoms with Crippen molar-refractivity contribution in [2.24, 2.45) is 0 Å². The largest absolute Gasteiger partial charge is 0.508 e. The van der Waals surface area contributed by atoms with Gasteiger partial charge in [0.05, 0.1) is 97.4 Å². The number of hydrogen-bond donors (Lipinski definition) is 10. The molecule has 0 aliphatic carbocycles. The predicted molar refractivity (Wildman–Crippen MR) is 561 cm³/mol. The number of phenols is 1. The summed E-state index contributed by atoms with van der Waals surface area (Å²) in [6, 6.07) is 52.6. The van der Waals surface area contributed by atoms with Crippen LogP contribution in [-0.4, -0.2) is 320 Å². The molecule has 7 aromatic heterocycles. The highest BCUT2D eigenvalue weighted by Gasteiger charge is 2.30. The quantitative estimate of drug-likeness (QED) is 0.0130. The Balaban J connectivity index is 0.000000139. The number of aromatic hydroxyl groups is 1. The Morgan fingerprint density at radius 3 is 1.01 bits per heavy atom. The Bertz CT molecular complexity index is 6650. The van der Waals surface area contributed by atoms with Crippen molar-refractivity contribution in [1.29, 1.82) is 0 Å². The van der Waals surface area contributed by atoms with E-state index in [1.54, 1.807) is 62.1 Å². The van der Waals surface area contributed by atoms with Gasteiger partial charge >= 0.3 is 6.09 Å². The third-order valence-electron chi connectivity index (χ3n) is 25.3. The fourth-order valence-electron chi connectivity index (χ4n) is 17.2. The van der Waals surface area contributed by atoms with Gasteiger partial charge in [0.1, 0.15) is 45.7 Å². The zero-order valence-corrected chi connectivity index (χ0v) is 82.1. The maximum atomic E-state index is 13.3. The minimum absolute atomic E-state index is 0.0138. The van der Waals surface area contributed by atoms with Crippen LogP contribution in [0.4, 0.5) is 31.9 Å². The lowest BCUT2D eigenvalue weighted by molar-refractivity contribution is 0.0288. The fraction of sp³-hybridized carbons (Fsp3) is 0.308. The van der Waals surface area contributed by atoms with E-state index in [4.69, 9.17) is 18.9 Å². The number of nitrogens with one attached hydrogen (secondary N) is 9.